The van der Waals surface area contributed by atoms with Crippen molar-refractivity contribution < 1.29 is 22.7 Å². The SMILES string of the molecule is CCOc1ccc(C(F)(F)F)cc1NC(=O)c1ccc(Br)cc1. The zero-order valence-electron chi connectivity index (χ0n) is 12.1. The minimum absolute atomic E-state index is 0.0189. The van der Waals surface area contributed by atoms with E-state index in [0.29, 0.717) is 5.56 Å². The highest BCUT2D eigenvalue weighted by Crippen LogP contribution is 2.35. The number of benzene rings is 2. The van der Waals surface area contributed by atoms with Gasteiger partial charge in [0.05, 0.1) is 17.9 Å². The molecule has 2 aromatic rings. The van der Waals surface area contributed by atoms with Gasteiger partial charge < -0.3 is 10.1 Å². The molecular formula is C16H13BrF3NO2. The summed E-state index contributed by atoms with van der Waals surface area (Å²) in [7, 11) is 0. The van der Waals surface area contributed by atoms with Crippen LogP contribution in [0.15, 0.2) is 46.9 Å². The second kappa shape index (κ2) is 7.04. The number of nitrogens with one attached hydrogen (secondary N) is 1. The van der Waals surface area contributed by atoms with Crippen LogP contribution in [0.5, 0.6) is 5.75 Å². The number of hydrogen-bond acceptors (Lipinski definition) is 2. The van der Waals surface area contributed by atoms with Gasteiger partial charge in [0.25, 0.3) is 5.91 Å². The van der Waals surface area contributed by atoms with Crippen LogP contribution < -0.4 is 10.1 Å². The van der Waals surface area contributed by atoms with Crippen LogP contribution in [0.25, 0.3) is 0 Å². The third-order valence-corrected chi connectivity index (χ3v) is 3.49. The molecule has 0 aliphatic heterocycles. The number of rotatable bonds is 4. The Morgan fingerprint density at radius 3 is 2.39 bits per heavy atom. The van der Waals surface area contributed by atoms with Gasteiger partial charge in [0, 0.05) is 10.0 Å². The fourth-order valence-corrected chi connectivity index (χ4v) is 2.15. The van der Waals surface area contributed by atoms with Crippen LogP contribution in [-0.4, -0.2) is 12.5 Å². The van der Waals surface area contributed by atoms with E-state index < -0.39 is 17.6 Å². The van der Waals surface area contributed by atoms with E-state index in [9.17, 15) is 18.0 Å². The molecule has 0 aliphatic rings. The Balaban J connectivity index is 2.32. The van der Waals surface area contributed by atoms with Gasteiger partial charge in [-0.2, -0.15) is 13.2 Å². The van der Waals surface area contributed by atoms with Crippen LogP contribution in [0, 0.1) is 0 Å². The topological polar surface area (TPSA) is 38.3 Å². The summed E-state index contributed by atoms with van der Waals surface area (Å²) in [5.41, 5.74) is -0.547. The summed E-state index contributed by atoms with van der Waals surface area (Å²) in [6.45, 7) is 1.98. The van der Waals surface area contributed by atoms with Crippen molar-refractivity contribution in [3.63, 3.8) is 0 Å². The zero-order valence-corrected chi connectivity index (χ0v) is 13.7. The lowest BCUT2D eigenvalue weighted by molar-refractivity contribution is -0.137. The molecule has 7 heteroatoms. The number of hydrogen-bond donors (Lipinski definition) is 1. The Kier molecular flexibility index (Phi) is 5.30. The molecule has 1 amide bonds. The van der Waals surface area contributed by atoms with Crippen molar-refractivity contribution >= 4 is 27.5 Å². The van der Waals surface area contributed by atoms with Gasteiger partial charge in [-0.1, -0.05) is 15.9 Å². The summed E-state index contributed by atoms with van der Waals surface area (Å²) < 4.78 is 44.6. The highest BCUT2D eigenvalue weighted by Gasteiger charge is 2.31. The van der Waals surface area contributed by atoms with Gasteiger partial charge in [0.1, 0.15) is 5.75 Å². The number of carbonyl (C=O) groups is 1. The van der Waals surface area contributed by atoms with Crippen molar-refractivity contribution in [1.29, 1.82) is 0 Å². The summed E-state index contributed by atoms with van der Waals surface area (Å²) in [5, 5.41) is 2.46. The molecule has 0 heterocycles. The van der Waals surface area contributed by atoms with E-state index in [1.807, 2.05) is 0 Å². The van der Waals surface area contributed by atoms with E-state index in [4.69, 9.17) is 4.74 Å². The number of halogens is 4. The second-order valence-electron chi connectivity index (χ2n) is 4.60. The molecule has 3 nitrogen and oxygen atoms in total. The van der Waals surface area contributed by atoms with Gasteiger partial charge in [-0.25, -0.2) is 0 Å². The first-order valence-electron chi connectivity index (χ1n) is 6.72. The van der Waals surface area contributed by atoms with Gasteiger partial charge in [0.2, 0.25) is 0 Å². The van der Waals surface area contributed by atoms with E-state index in [-0.39, 0.29) is 18.0 Å². The highest BCUT2D eigenvalue weighted by atomic mass is 79.9. The first kappa shape index (κ1) is 17.3. The van der Waals surface area contributed by atoms with Gasteiger partial charge in [-0.05, 0) is 49.4 Å². The molecule has 1 N–H and O–H groups in total. The number of carbonyl (C=O) groups excluding carboxylic acids is 1. The quantitative estimate of drug-likeness (QED) is 0.790. The predicted octanol–water partition coefficient (Wildman–Crippen LogP) is 5.12. The third-order valence-electron chi connectivity index (χ3n) is 2.96. The van der Waals surface area contributed by atoms with Crippen LogP contribution >= 0.6 is 15.9 Å². The molecule has 0 bridgehead atoms. The number of alkyl halides is 3. The molecule has 2 aromatic carbocycles. The lowest BCUT2D eigenvalue weighted by atomic mass is 10.1. The van der Waals surface area contributed by atoms with E-state index in [0.717, 1.165) is 16.6 Å². The van der Waals surface area contributed by atoms with E-state index in [2.05, 4.69) is 21.2 Å². The predicted molar refractivity (Wildman–Crippen MR) is 84.7 cm³/mol. The minimum atomic E-state index is -4.50. The number of ether oxygens (including phenoxy) is 1. The highest BCUT2D eigenvalue weighted by molar-refractivity contribution is 9.10. The van der Waals surface area contributed by atoms with E-state index in [1.54, 1.807) is 31.2 Å². The summed E-state index contributed by atoms with van der Waals surface area (Å²) >= 11 is 3.25. The monoisotopic (exact) mass is 387 g/mol. The van der Waals surface area contributed by atoms with Gasteiger partial charge >= 0.3 is 6.18 Å². The summed E-state index contributed by atoms with van der Waals surface area (Å²) in [5.74, 6) is -0.330. The third kappa shape index (κ3) is 4.48. The van der Waals surface area contributed by atoms with Gasteiger partial charge in [-0.15, -0.1) is 0 Å². The Bertz CT molecular complexity index is 699. The van der Waals surface area contributed by atoms with Crippen LogP contribution in [0.4, 0.5) is 18.9 Å². The summed E-state index contributed by atoms with van der Waals surface area (Å²) in [6.07, 6.45) is -4.50. The standard InChI is InChI=1S/C16H13BrF3NO2/c1-2-23-14-8-5-11(16(18,19)20)9-13(14)21-15(22)10-3-6-12(17)7-4-10/h3-9H,2H2,1H3,(H,21,22). The molecule has 2 rings (SSSR count). The maximum absolute atomic E-state index is 12.8. The first-order chi connectivity index (χ1) is 10.8. The largest absolute Gasteiger partial charge is 0.492 e. The average molecular weight is 388 g/mol. The molecule has 122 valence electrons. The Hall–Kier alpha value is -2.02. The second-order valence-corrected chi connectivity index (χ2v) is 5.52. The molecule has 0 radical (unpaired) electrons. The molecular weight excluding hydrogens is 375 g/mol. The fourth-order valence-electron chi connectivity index (χ4n) is 1.88. The van der Waals surface area contributed by atoms with Crippen molar-refractivity contribution in [3.05, 3.63) is 58.1 Å². The Morgan fingerprint density at radius 2 is 1.83 bits per heavy atom. The molecule has 0 atom stereocenters. The molecule has 0 saturated heterocycles. The first-order valence-corrected chi connectivity index (χ1v) is 7.51. The normalized spacial score (nSPS) is 11.2. The van der Waals surface area contributed by atoms with Crippen molar-refractivity contribution in [2.75, 3.05) is 11.9 Å². The van der Waals surface area contributed by atoms with Crippen LogP contribution in [0.2, 0.25) is 0 Å². The molecule has 0 unspecified atom stereocenters. The Labute approximate surface area is 139 Å². The van der Waals surface area contributed by atoms with Crippen molar-refractivity contribution in [3.8, 4) is 5.75 Å². The van der Waals surface area contributed by atoms with Gasteiger partial charge in [-0.3, -0.25) is 4.79 Å². The Morgan fingerprint density at radius 1 is 1.17 bits per heavy atom. The minimum Gasteiger partial charge on any atom is -0.492 e. The molecule has 0 aliphatic carbocycles. The molecule has 0 saturated carbocycles. The summed E-state index contributed by atoms with van der Waals surface area (Å²) in [4.78, 5) is 12.2. The van der Waals surface area contributed by atoms with E-state index in [1.165, 1.54) is 6.07 Å². The number of amides is 1. The van der Waals surface area contributed by atoms with Crippen molar-refractivity contribution in [2.24, 2.45) is 0 Å². The van der Waals surface area contributed by atoms with Gasteiger partial charge in [0.15, 0.2) is 0 Å². The van der Waals surface area contributed by atoms with E-state index >= 15 is 0 Å². The lowest BCUT2D eigenvalue weighted by Crippen LogP contribution is -2.14. The molecule has 0 fully saturated rings. The summed E-state index contributed by atoms with van der Waals surface area (Å²) in [6, 6.07) is 9.45. The lowest BCUT2D eigenvalue weighted by Gasteiger charge is -2.14. The molecule has 0 spiro atoms. The average Bonchev–Trinajstić information content (AvgIpc) is 2.48. The van der Waals surface area contributed by atoms with Crippen molar-refractivity contribution in [2.45, 2.75) is 13.1 Å². The maximum Gasteiger partial charge on any atom is 0.416 e. The fraction of sp³-hybridized carbons (Fsp3) is 0.188. The van der Waals surface area contributed by atoms with Crippen molar-refractivity contribution in [1.82, 2.24) is 0 Å². The molecule has 0 aromatic heterocycles. The molecule has 23 heavy (non-hydrogen) atoms. The van der Waals surface area contributed by atoms with Crippen LogP contribution in [-0.2, 0) is 6.18 Å². The maximum atomic E-state index is 12.8. The van der Waals surface area contributed by atoms with Crippen LogP contribution in [0.1, 0.15) is 22.8 Å². The zero-order chi connectivity index (χ0) is 17.0. The number of anilines is 1. The smallest absolute Gasteiger partial charge is 0.416 e. The van der Waals surface area contributed by atoms with Crippen LogP contribution in [0.3, 0.4) is 0 Å².